The normalized spacial score (nSPS) is 36.8. The van der Waals surface area contributed by atoms with Gasteiger partial charge >= 0.3 is 0 Å². The first-order valence-corrected chi connectivity index (χ1v) is 11.4. The number of hydrogen-bond donors (Lipinski definition) is 1. The fourth-order valence-electron chi connectivity index (χ4n) is 5.31. The van der Waals surface area contributed by atoms with Gasteiger partial charge in [-0.2, -0.15) is 0 Å². The van der Waals surface area contributed by atoms with Gasteiger partial charge in [-0.05, 0) is 69.6 Å². The van der Waals surface area contributed by atoms with Crippen molar-refractivity contribution in [1.29, 1.82) is 0 Å². The molecule has 1 aromatic rings. The summed E-state index contributed by atoms with van der Waals surface area (Å²) in [5, 5.41) is 7.02. The Morgan fingerprint density at radius 2 is 1.96 bits per heavy atom. The third-order valence-corrected chi connectivity index (χ3v) is 8.65. The molecule has 5 heteroatoms. The minimum absolute atomic E-state index is 0.0718. The third kappa shape index (κ3) is 3.11. The minimum atomic E-state index is 0.0718. The van der Waals surface area contributed by atoms with E-state index in [0.717, 1.165) is 31.9 Å². The zero-order valence-electron chi connectivity index (χ0n) is 15.6. The number of ether oxygens (including phenoxy) is 1. The summed E-state index contributed by atoms with van der Waals surface area (Å²) < 4.78 is 5.47. The van der Waals surface area contributed by atoms with Gasteiger partial charge in [-0.25, -0.2) is 4.98 Å². The SMILES string of the molecule is O=C(NCC12CCC(c3nc(C4CC4)cs3)(CC1)CC2)C1CCCOC1. The summed E-state index contributed by atoms with van der Waals surface area (Å²) >= 11 is 1.91. The van der Waals surface area contributed by atoms with Crippen molar-refractivity contribution in [2.45, 2.75) is 75.5 Å². The van der Waals surface area contributed by atoms with Gasteiger partial charge in [-0.15, -0.1) is 11.3 Å². The van der Waals surface area contributed by atoms with E-state index in [1.807, 2.05) is 11.3 Å². The average molecular weight is 375 g/mol. The maximum Gasteiger partial charge on any atom is 0.225 e. The fraction of sp³-hybridized carbons (Fsp3) is 0.810. The molecule has 1 saturated heterocycles. The number of hydrogen-bond acceptors (Lipinski definition) is 4. The number of carbonyl (C=O) groups is 1. The molecule has 1 atom stereocenters. The van der Waals surface area contributed by atoms with Gasteiger partial charge in [0.15, 0.2) is 0 Å². The summed E-state index contributed by atoms with van der Waals surface area (Å²) in [5.74, 6) is 1.06. The fourth-order valence-corrected chi connectivity index (χ4v) is 6.50. The lowest BCUT2D eigenvalue weighted by Gasteiger charge is -2.52. The standard InChI is InChI=1S/C21H30N2O2S/c24-18(16-2-1-11-25-12-16)22-14-20-5-8-21(9-6-20,10-7-20)19-23-17(13-26-19)15-3-4-15/h13,15-16H,1-12,14H2,(H,22,24). The summed E-state index contributed by atoms with van der Waals surface area (Å²) in [6, 6.07) is 0. The van der Waals surface area contributed by atoms with Gasteiger partial charge in [0.25, 0.3) is 0 Å². The van der Waals surface area contributed by atoms with Crippen molar-refractivity contribution < 1.29 is 9.53 Å². The number of fused-ring (bicyclic) bond motifs is 3. The highest BCUT2D eigenvalue weighted by Crippen LogP contribution is 2.58. The van der Waals surface area contributed by atoms with Gasteiger partial charge < -0.3 is 10.1 Å². The summed E-state index contributed by atoms with van der Waals surface area (Å²) in [7, 11) is 0. The highest BCUT2D eigenvalue weighted by molar-refractivity contribution is 7.09. The molecule has 26 heavy (non-hydrogen) atoms. The van der Waals surface area contributed by atoms with E-state index in [1.54, 1.807) is 0 Å². The predicted molar refractivity (Wildman–Crippen MR) is 102 cm³/mol. The maximum atomic E-state index is 12.5. The molecule has 2 heterocycles. The minimum Gasteiger partial charge on any atom is -0.381 e. The molecule has 5 fully saturated rings. The Bertz CT molecular complexity index is 651. The molecule has 0 aromatic carbocycles. The quantitative estimate of drug-likeness (QED) is 0.842. The zero-order valence-corrected chi connectivity index (χ0v) is 16.4. The van der Waals surface area contributed by atoms with E-state index in [0.29, 0.717) is 17.4 Å². The van der Waals surface area contributed by atoms with E-state index < -0.39 is 0 Å². The second-order valence-corrected chi connectivity index (χ2v) is 10.1. The topological polar surface area (TPSA) is 51.2 Å². The van der Waals surface area contributed by atoms with Gasteiger partial charge in [0.1, 0.15) is 0 Å². The van der Waals surface area contributed by atoms with Crippen LogP contribution in [0.5, 0.6) is 0 Å². The molecule has 6 rings (SSSR count). The van der Waals surface area contributed by atoms with Crippen LogP contribution in [-0.2, 0) is 14.9 Å². The Hall–Kier alpha value is -0.940. The Morgan fingerprint density at radius 1 is 1.19 bits per heavy atom. The molecule has 1 unspecified atom stereocenters. The van der Waals surface area contributed by atoms with Crippen molar-refractivity contribution in [3.63, 3.8) is 0 Å². The number of rotatable bonds is 5. The molecule has 0 spiro atoms. The molecule has 2 bridgehead atoms. The number of nitrogens with one attached hydrogen (secondary N) is 1. The van der Waals surface area contributed by atoms with E-state index in [-0.39, 0.29) is 11.8 Å². The number of aromatic nitrogens is 1. The number of amides is 1. The van der Waals surface area contributed by atoms with Crippen LogP contribution in [0.15, 0.2) is 5.38 Å². The van der Waals surface area contributed by atoms with Crippen molar-refractivity contribution in [1.82, 2.24) is 10.3 Å². The molecule has 4 saturated carbocycles. The Labute approximate surface area is 160 Å². The van der Waals surface area contributed by atoms with Crippen LogP contribution in [0.4, 0.5) is 0 Å². The van der Waals surface area contributed by atoms with Crippen molar-refractivity contribution in [3.8, 4) is 0 Å². The van der Waals surface area contributed by atoms with Gasteiger partial charge in [0, 0.05) is 29.9 Å². The first kappa shape index (κ1) is 17.2. The van der Waals surface area contributed by atoms with Crippen LogP contribution >= 0.6 is 11.3 Å². The van der Waals surface area contributed by atoms with E-state index in [2.05, 4.69) is 10.7 Å². The van der Waals surface area contributed by atoms with Crippen LogP contribution in [0.1, 0.15) is 80.8 Å². The molecular weight excluding hydrogens is 344 g/mol. The van der Waals surface area contributed by atoms with Crippen LogP contribution in [0.25, 0.3) is 0 Å². The molecule has 1 amide bonds. The number of nitrogens with zero attached hydrogens (tertiary/aromatic N) is 1. The number of carbonyl (C=O) groups excluding carboxylic acids is 1. The van der Waals surface area contributed by atoms with Crippen molar-refractivity contribution in [2.75, 3.05) is 19.8 Å². The van der Waals surface area contributed by atoms with Gasteiger partial charge in [0.2, 0.25) is 5.91 Å². The monoisotopic (exact) mass is 374 g/mol. The molecular formula is C21H30N2O2S. The van der Waals surface area contributed by atoms with Crippen LogP contribution in [0.3, 0.4) is 0 Å². The van der Waals surface area contributed by atoms with E-state index in [9.17, 15) is 4.79 Å². The number of thiazole rings is 1. The molecule has 0 radical (unpaired) electrons. The van der Waals surface area contributed by atoms with Crippen LogP contribution < -0.4 is 5.32 Å². The second kappa shape index (κ2) is 6.59. The molecule has 1 N–H and O–H groups in total. The lowest BCUT2D eigenvalue weighted by molar-refractivity contribution is -0.130. The largest absolute Gasteiger partial charge is 0.381 e. The summed E-state index contributed by atoms with van der Waals surface area (Å²) in [6.45, 7) is 2.29. The van der Waals surface area contributed by atoms with Gasteiger partial charge in [0.05, 0.1) is 23.2 Å². The van der Waals surface area contributed by atoms with Gasteiger partial charge in [-0.1, -0.05) is 0 Å². The molecule has 4 aliphatic carbocycles. The highest BCUT2D eigenvalue weighted by Gasteiger charge is 2.51. The van der Waals surface area contributed by atoms with Crippen LogP contribution in [-0.4, -0.2) is 30.6 Å². The third-order valence-electron chi connectivity index (χ3n) is 7.54. The Morgan fingerprint density at radius 3 is 2.62 bits per heavy atom. The average Bonchev–Trinajstić information content (AvgIpc) is 3.44. The molecule has 142 valence electrons. The van der Waals surface area contributed by atoms with E-state index >= 15 is 0 Å². The molecule has 1 aliphatic heterocycles. The van der Waals surface area contributed by atoms with Crippen molar-refractivity contribution in [3.05, 3.63) is 16.1 Å². The Balaban J connectivity index is 1.19. The summed E-state index contributed by atoms with van der Waals surface area (Å²) in [4.78, 5) is 17.5. The summed E-state index contributed by atoms with van der Waals surface area (Å²) in [6.07, 6.45) is 12.2. The van der Waals surface area contributed by atoms with E-state index in [4.69, 9.17) is 9.72 Å². The smallest absolute Gasteiger partial charge is 0.225 e. The Kier molecular flexibility index (Phi) is 4.35. The van der Waals surface area contributed by atoms with E-state index in [1.165, 1.54) is 62.1 Å². The van der Waals surface area contributed by atoms with Crippen molar-refractivity contribution in [2.24, 2.45) is 11.3 Å². The van der Waals surface area contributed by atoms with Crippen molar-refractivity contribution >= 4 is 17.2 Å². The zero-order chi connectivity index (χ0) is 17.6. The highest BCUT2D eigenvalue weighted by atomic mass is 32.1. The first-order chi connectivity index (χ1) is 12.7. The molecule has 1 aromatic heterocycles. The van der Waals surface area contributed by atoms with Crippen LogP contribution in [0, 0.1) is 11.3 Å². The maximum absolute atomic E-state index is 12.5. The summed E-state index contributed by atoms with van der Waals surface area (Å²) in [5.41, 5.74) is 2.05. The molecule has 5 aliphatic rings. The predicted octanol–water partition coefficient (Wildman–Crippen LogP) is 4.16. The lowest BCUT2D eigenvalue weighted by Crippen LogP contribution is -2.50. The lowest BCUT2D eigenvalue weighted by atomic mass is 9.54. The second-order valence-electron chi connectivity index (χ2n) is 9.26. The first-order valence-electron chi connectivity index (χ1n) is 10.5. The van der Waals surface area contributed by atoms with Gasteiger partial charge in [-0.3, -0.25) is 4.79 Å². The molecule has 4 nitrogen and oxygen atoms in total. The van der Waals surface area contributed by atoms with Crippen LogP contribution in [0.2, 0.25) is 0 Å².